The fraction of sp³-hybridized carbons (Fsp3) is 0. The van der Waals surface area contributed by atoms with Gasteiger partial charge in [0.05, 0.1) is 0 Å². The number of hydrogen-bond acceptors (Lipinski definition) is 0. The molecule has 50 valence electrons. The van der Waals surface area contributed by atoms with Crippen molar-refractivity contribution in [2.75, 3.05) is 0 Å². The van der Waals surface area contributed by atoms with Crippen molar-refractivity contribution in [1.82, 2.24) is 0 Å². The van der Waals surface area contributed by atoms with Crippen molar-refractivity contribution in [3.05, 3.63) is 0 Å². The maximum absolute atomic E-state index is 0. The molecule has 0 spiro atoms. The van der Waals surface area contributed by atoms with Gasteiger partial charge < -0.3 is 13.5 Å². The third-order valence-electron chi connectivity index (χ3n) is 0. The van der Waals surface area contributed by atoms with E-state index in [1.165, 1.54) is 0 Å². The van der Waals surface area contributed by atoms with Gasteiger partial charge in [0.1, 0.15) is 0 Å². The Hall–Kier alpha value is 3.31. The maximum atomic E-state index is 0. The fourth-order valence-corrected chi connectivity index (χ4v) is 0. The molecule has 0 aliphatic heterocycles. The second-order valence-corrected chi connectivity index (χ2v) is 0. The molecule has 0 saturated carbocycles. The quantitative estimate of drug-likeness (QED) is 0.444. The summed E-state index contributed by atoms with van der Waals surface area (Å²) in [5, 5.41) is 0. The Kier molecular flexibility index (Phi) is 215. The first kappa shape index (κ1) is 40.5. The molecular formula is Ag4S. The second-order valence-electron chi connectivity index (χ2n) is 0. The van der Waals surface area contributed by atoms with E-state index in [2.05, 4.69) is 0 Å². The van der Waals surface area contributed by atoms with E-state index >= 15 is 0 Å². The molecule has 2 radical (unpaired) electrons. The Morgan fingerprint density at radius 2 is 0.600 bits per heavy atom. The largest absolute Gasteiger partial charge is 2.00 e. The zero-order valence-electron chi connectivity index (χ0n) is 1.61. The van der Waals surface area contributed by atoms with E-state index in [9.17, 15) is 0 Å². The maximum Gasteiger partial charge on any atom is 1.00 e. The van der Waals surface area contributed by atoms with Crippen molar-refractivity contribution in [3.63, 3.8) is 0 Å². The monoisotopic (exact) mass is 460 g/mol. The third-order valence-corrected chi connectivity index (χ3v) is 0. The van der Waals surface area contributed by atoms with Gasteiger partial charge in [-0.2, -0.15) is 0 Å². The average molecular weight is 464 g/mol. The van der Waals surface area contributed by atoms with Gasteiger partial charge in [0.25, 0.3) is 0 Å². The van der Waals surface area contributed by atoms with E-state index in [1.54, 1.807) is 0 Å². The van der Waals surface area contributed by atoms with Crippen LogP contribution in [0.3, 0.4) is 0 Å². The molecule has 0 atom stereocenters. The minimum absolute atomic E-state index is 0. The predicted molar refractivity (Wildman–Crippen MR) is 7.37 cm³/mol. The van der Waals surface area contributed by atoms with Gasteiger partial charge >= 0.3 is 44.8 Å². The summed E-state index contributed by atoms with van der Waals surface area (Å²) in [6.45, 7) is 0. The smallest absolute Gasteiger partial charge is 1.00 e. The molecule has 0 heterocycles. The predicted octanol–water partition coefficient (Wildman–Crippen LogP) is -0.0124. The minimum Gasteiger partial charge on any atom is -2.00 e. The van der Waals surface area contributed by atoms with Crippen LogP contribution in [-0.4, -0.2) is 0 Å². The molecule has 0 aliphatic carbocycles. The normalized spacial score (nSPS) is 0. The summed E-state index contributed by atoms with van der Waals surface area (Å²) >= 11 is 0. The summed E-state index contributed by atoms with van der Waals surface area (Å²) < 4.78 is 0. The first-order valence-corrected chi connectivity index (χ1v) is 0. The fourth-order valence-electron chi connectivity index (χ4n) is 0. The van der Waals surface area contributed by atoms with Crippen LogP contribution in [0.15, 0.2) is 0 Å². The van der Waals surface area contributed by atoms with Gasteiger partial charge in [-0.15, -0.1) is 0 Å². The summed E-state index contributed by atoms with van der Waals surface area (Å²) in [5.41, 5.74) is 0. The molecule has 0 saturated heterocycles. The van der Waals surface area contributed by atoms with Gasteiger partial charge in [-0.05, 0) is 0 Å². The zero-order chi connectivity index (χ0) is 0. The Labute approximate surface area is 101 Å². The molecule has 0 rings (SSSR count). The molecule has 0 aromatic heterocycles. The van der Waals surface area contributed by atoms with E-state index in [0.717, 1.165) is 0 Å². The van der Waals surface area contributed by atoms with E-state index in [0.29, 0.717) is 0 Å². The summed E-state index contributed by atoms with van der Waals surface area (Å²) in [7, 11) is 0. The zero-order valence-corrected chi connectivity index (χ0v) is 8.36. The standard InChI is InChI=1S/4Ag.S/q;;2*+1;-2. The molecule has 5 heteroatoms. The Bertz CT molecular complexity index is 3.61. The van der Waals surface area contributed by atoms with Gasteiger partial charge in [0, 0.05) is 44.8 Å². The Balaban J connectivity index is 0. The van der Waals surface area contributed by atoms with Gasteiger partial charge in [0.15, 0.2) is 0 Å². The Morgan fingerprint density at radius 1 is 0.600 bits per heavy atom. The van der Waals surface area contributed by atoms with Crippen molar-refractivity contribution in [1.29, 1.82) is 0 Å². The summed E-state index contributed by atoms with van der Waals surface area (Å²) in [6.07, 6.45) is 0. The van der Waals surface area contributed by atoms with Crippen molar-refractivity contribution in [2.45, 2.75) is 0 Å². The second kappa shape index (κ2) is 26.6. The molecular weight excluding hydrogens is 464 g/mol. The SMILES string of the molecule is [Ag+].[Ag+].[Ag].[Ag].[S-2]. The van der Waals surface area contributed by atoms with Crippen molar-refractivity contribution in [3.8, 4) is 0 Å². The third kappa shape index (κ3) is 18.8. The topological polar surface area (TPSA) is 0 Å². The van der Waals surface area contributed by atoms with Crippen LogP contribution in [0.25, 0.3) is 0 Å². The van der Waals surface area contributed by atoms with Crippen molar-refractivity contribution >= 4 is 13.5 Å². The molecule has 0 aromatic rings. The molecule has 0 amide bonds. The van der Waals surface area contributed by atoms with E-state index in [4.69, 9.17) is 0 Å². The minimum atomic E-state index is 0. The van der Waals surface area contributed by atoms with Crippen LogP contribution >= 0.6 is 0 Å². The van der Waals surface area contributed by atoms with Crippen LogP contribution in [0, 0.1) is 0 Å². The average Bonchev–Trinajstić information content (AvgIpc) is 0. The van der Waals surface area contributed by atoms with Crippen LogP contribution in [0.4, 0.5) is 0 Å². The van der Waals surface area contributed by atoms with E-state index in [-0.39, 0.29) is 103 Å². The Morgan fingerprint density at radius 3 is 0.600 bits per heavy atom. The van der Waals surface area contributed by atoms with E-state index in [1.807, 2.05) is 0 Å². The number of rotatable bonds is 0. The van der Waals surface area contributed by atoms with Gasteiger partial charge in [-0.25, -0.2) is 0 Å². The molecule has 0 aromatic carbocycles. The van der Waals surface area contributed by atoms with Crippen LogP contribution in [0.5, 0.6) is 0 Å². The molecule has 0 unspecified atom stereocenters. The first-order chi connectivity index (χ1) is 0. The summed E-state index contributed by atoms with van der Waals surface area (Å²) in [6, 6.07) is 0. The molecule has 0 bridgehead atoms. The van der Waals surface area contributed by atoms with Gasteiger partial charge in [0.2, 0.25) is 0 Å². The van der Waals surface area contributed by atoms with Crippen LogP contribution < -0.4 is 0 Å². The summed E-state index contributed by atoms with van der Waals surface area (Å²) in [4.78, 5) is 0. The van der Waals surface area contributed by atoms with Crippen LogP contribution in [0.1, 0.15) is 0 Å². The molecule has 0 nitrogen and oxygen atoms in total. The van der Waals surface area contributed by atoms with E-state index < -0.39 is 0 Å². The van der Waals surface area contributed by atoms with Gasteiger partial charge in [-0.1, -0.05) is 0 Å². The van der Waals surface area contributed by atoms with Crippen molar-refractivity contribution < 1.29 is 89.5 Å². The molecule has 0 fully saturated rings. The first-order valence-electron chi connectivity index (χ1n) is 0. The summed E-state index contributed by atoms with van der Waals surface area (Å²) in [5.74, 6) is 0. The molecule has 0 aliphatic rings. The van der Waals surface area contributed by atoms with Crippen LogP contribution in [0.2, 0.25) is 0 Å². The molecule has 0 N–H and O–H groups in total. The van der Waals surface area contributed by atoms with Crippen molar-refractivity contribution in [2.24, 2.45) is 0 Å². The number of hydrogen-bond donors (Lipinski definition) is 0. The van der Waals surface area contributed by atoms with Crippen LogP contribution in [-0.2, 0) is 103 Å². The van der Waals surface area contributed by atoms with Gasteiger partial charge in [-0.3, -0.25) is 0 Å². The molecule has 5 heavy (non-hydrogen) atoms.